The quantitative estimate of drug-likeness (QED) is 0.280. The highest BCUT2D eigenvalue weighted by atomic mass is 19.1. The molecule has 2 N–H and O–H groups in total. The van der Waals surface area contributed by atoms with Gasteiger partial charge in [0, 0.05) is 23.9 Å². The van der Waals surface area contributed by atoms with E-state index in [2.05, 4.69) is 24.0 Å². The maximum atomic E-state index is 13.0. The van der Waals surface area contributed by atoms with Crippen molar-refractivity contribution in [1.82, 2.24) is 9.88 Å². The zero-order valence-electron chi connectivity index (χ0n) is 18.7. The molecule has 0 amide bonds. The van der Waals surface area contributed by atoms with Crippen molar-refractivity contribution < 1.29 is 33.7 Å². The molecule has 0 aliphatic heterocycles. The lowest BCUT2D eigenvalue weighted by Crippen LogP contribution is -2.12. The molecule has 8 nitrogen and oxygen atoms in total. The van der Waals surface area contributed by atoms with Crippen LogP contribution in [0.25, 0.3) is 0 Å². The number of benzene rings is 1. The van der Waals surface area contributed by atoms with Crippen LogP contribution < -0.4 is 4.74 Å². The van der Waals surface area contributed by atoms with Gasteiger partial charge in [-0.1, -0.05) is 12.8 Å². The maximum absolute atomic E-state index is 13.0. The fraction of sp³-hybridized carbons (Fsp3) is 0.333. The Kier molecular flexibility index (Phi) is 12.7. The van der Waals surface area contributed by atoms with Gasteiger partial charge in [-0.25, -0.2) is 19.0 Å². The van der Waals surface area contributed by atoms with E-state index < -0.39 is 11.9 Å². The van der Waals surface area contributed by atoms with Crippen molar-refractivity contribution >= 4 is 17.7 Å². The highest BCUT2D eigenvalue weighted by molar-refractivity contribution is 6.10. The number of carbonyl (C=O) groups is 3. The number of aliphatic carboxylic acids is 2. The predicted molar refractivity (Wildman–Crippen MR) is 121 cm³/mol. The summed E-state index contributed by atoms with van der Waals surface area (Å²) in [5.74, 6) is -2.76. The van der Waals surface area contributed by atoms with Crippen LogP contribution in [-0.2, 0) is 9.59 Å². The molecule has 0 bridgehead atoms. The van der Waals surface area contributed by atoms with E-state index in [1.807, 2.05) is 0 Å². The minimum absolute atomic E-state index is 0.214. The fourth-order valence-electron chi connectivity index (χ4n) is 2.63. The molecule has 0 radical (unpaired) electrons. The lowest BCUT2D eigenvalue weighted by atomic mass is 10.0. The molecular weight excluding hydrogens is 431 g/mol. The molecule has 2 rings (SSSR count). The second kappa shape index (κ2) is 15.3. The monoisotopic (exact) mass is 460 g/mol. The van der Waals surface area contributed by atoms with Crippen molar-refractivity contribution in [2.75, 3.05) is 27.2 Å². The Bertz CT molecular complexity index is 913. The Morgan fingerprint density at radius 3 is 2.15 bits per heavy atom. The summed E-state index contributed by atoms with van der Waals surface area (Å²) in [4.78, 5) is 38.0. The number of nitrogens with zero attached hydrogens (tertiary/aromatic N) is 2. The maximum Gasteiger partial charge on any atom is 0.328 e. The van der Waals surface area contributed by atoms with Crippen LogP contribution in [-0.4, -0.2) is 65.1 Å². The minimum Gasteiger partial charge on any atom is -0.478 e. The number of rotatable bonds is 12. The van der Waals surface area contributed by atoms with Gasteiger partial charge in [-0.3, -0.25) is 4.79 Å². The van der Waals surface area contributed by atoms with Gasteiger partial charge in [0.05, 0.1) is 12.2 Å². The molecule has 1 aromatic heterocycles. The Labute approximate surface area is 192 Å². The van der Waals surface area contributed by atoms with Crippen LogP contribution >= 0.6 is 0 Å². The van der Waals surface area contributed by atoms with Crippen molar-refractivity contribution in [3.05, 3.63) is 71.7 Å². The largest absolute Gasteiger partial charge is 0.478 e. The van der Waals surface area contributed by atoms with Gasteiger partial charge >= 0.3 is 11.9 Å². The van der Waals surface area contributed by atoms with Crippen LogP contribution in [0.4, 0.5) is 4.39 Å². The van der Waals surface area contributed by atoms with E-state index in [0.717, 1.165) is 25.8 Å². The third-order valence-electron chi connectivity index (χ3n) is 4.23. The molecule has 1 aromatic carbocycles. The number of halogens is 1. The first kappa shape index (κ1) is 27.4. The number of carbonyl (C=O) groups excluding carboxylic acids is 1. The van der Waals surface area contributed by atoms with Crippen LogP contribution in [0.5, 0.6) is 5.88 Å². The average molecular weight is 461 g/mol. The third-order valence-corrected chi connectivity index (χ3v) is 4.23. The lowest BCUT2D eigenvalue weighted by molar-refractivity contribution is -0.134. The van der Waals surface area contributed by atoms with E-state index in [9.17, 15) is 18.8 Å². The molecule has 178 valence electrons. The number of carboxylic acids is 2. The first-order valence-corrected chi connectivity index (χ1v) is 10.4. The van der Waals surface area contributed by atoms with Gasteiger partial charge in [-0.05, 0) is 69.9 Å². The molecule has 9 heteroatoms. The Hall–Kier alpha value is -3.59. The first-order chi connectivity index (χ1) is 15.7. The van der Waals surface area contributed by atoms with Gasteiger partial charge in [0.2, 0.25) is 5.88 Å². The number of pyridine rings is 1. The number of ketones is 1. The van der Waals surface area contributed by atoms with Gasteiger partial charge in [-0.15, -0.1) is 0 Å². The number of hydrogen-bond donors (Lipinski definition) is 2. The number of ether oxygens (including phenoxy) is 1. The van der Waals surface area contributed by atoms with E-state index in [1.54, 1.807) is 18.3 Å². The van der Waals surface area contributed by atoms with Gasteiger partial charge < -0.3 is 19.8 Å². The molecule has 0 spiro atoms. The zero-order valence-corrected chi connectivity index (χ0v) is 18.7. The van der Waals surface area contributed by atoms with Crippen molar-refractivity contribution in [1.29, 1.82) is 0 Å². The van der Waals surface area contributed by atoms with Crippen molar-refractivity contribution in [2.24, 2.45) is 0 Å². The van der Waals surface area contributed by atoms with Crippen LogP contribution in [0.15, 0.2) is 54.7 Å². The van der Waals surface area contributed by atoms with E-state index in [-0.39, 0.29) is 11.6 Å². The first-order valence-electron chi connectivity index (χ1n) is 10.4. The summed E-state index contributed by atoms with van der Waals surface area (Å²) in [5, 5.41) is 15.6. The van der Waals surface area contributed by atoms with Crippen LogP contribution in [0.2, 0.25) is 0 Å². The van der Waals surface area contributed by atoms with E-state index in [1.165, 1.54) is 30.7 Å². The Morgan fingerprint density at radius 2 is 1.58 bits per heavy atom. The molecule has 33 heavy (non-hydrogen) atoms. The molecule has 0 fully saturated rings. The average Bonchev–Trinajstić information content (AvgIpc) is 2.77. The molecule has 0 saturated carbocycles. The summed E-state index contributed by atoms with van der Waals surface area (Å²) >= 11 is 0. The molecule has 0 saturated heterocycles. The molecule has 1 heterocycles. The molecule has 2 aromatic rings. The molecular formula is C24H29FN2O6. The summed E-state index contributed by atoms with van der Waals surface area (Å²) in [6.07, 6.45) is 7.06. The summed E-state index contributed by atoms with van der Waals surface area (Å²) in [6.45, 7) is 1.63. The second-order valence-corrected chi connectivity index (χ2v) is 7.27. The summed E-state index contributed by atoms with van der Waals surface area (Å²) in [6, 6.07) is 8.88. The predicted octanol–water partition coefficient (Wildman–Crippen LogP) is 3.66. The lowest BCUT2D eigenvalue weighted by Gasteiger charge is -2.10. The van der Waals surface area contributed by atoms with Crippen molar-refractivity contribution in [2.45, 2.75) is 25.7 Å². The van der Waals surface area contributed by atoms with Gasteiger partial charge in [0.1, 0.15) is 5.82 Å². The standard InChI is InChI=1S/C20H25FN2O2.C4H4O4/c1-23(2)14-5-3-4-6-15-25-20-18(8-7-13-22-20)19(24)16-9-11-17(21)12-10-16;5-3(6)1-2-4(7)8/h7-13H,3-6,14-15H2,1-2H3;1-2H,(H,5,6)(H,7,8)/b;2-1-. The number of aromatic nitrogens is 1. The normalized spacial score (nSPS) is 10.5. The molecule has 0 aliphatic rings. The van der Waals surface area contributed by atoms with Gasteiger partial charge in [-0.2, -0.15) is 0 Å². The number of carboxylic acid groups (broad SMARTS) is 2. The van der Waals surface area contributed by atoms with Crippen molar-refractivity contribution in [3.8, 4) is 5.88 Å². The van der Waals surface area contributed by atoms with E-state index in [4.69, 9.17) is 14.9 Å². The highest BCUT2D eigenvalue weighted by Crippen LogP contribution is 2.19. The number of hydrogen-bond acceptors (Lipinski definition) is 6. The van der Waals surface area contributed by atoms with E-state index >= 15 is 0 Å². The second-order valence-electron chi connectivity index (χ2n) is 7.27. The minimum atomic E-state index is -1.26. The molecule has 0 aliphatic carbocycles. The summed E-state index contributed by atoms with van der Waals surface area (Å²) in [7, 11) is 4.15. The van der Waals surface area contributed by atoms with Crippen LogP contribution in [0.1, 0.15) is 41.6 Å². The Balaban J connectivity index is 0.000000582. The third kappa shape index (κ3) is 12.1. The summed E-state index contributed by atoms with van der Waals surface area (Å²) in [5.41, 5.74) is 0.824. The number of unbranched alkanes of at least 4 members (excludes halogenated alkanes) is 3. The van der Waals surface area contributed by atoms with Crippen LogP contribution in [0, 0.1) is 5.82 Å². The topological polar surface area (TPSA) is 117 Å². The highest BCUT2D eigenvalue weighted by Gasteiger charge is 2.15. The molecule has 0 unspecified atom stereocenters. The fourth-order valence-corrected chi connectivity index (χ4v) is 2.63. The van der Waals surface area contributed by atoms with Crippen LogP contribution in [0.3, 0.4) is 0 Å². The Morgan fingerprint density at radius 1 is 0.970 bits per heavy atom. The zero-order chi connectivity index (χ0) is 24.6. The van der Waals surface area contributed by atoms with E-state index in [0.29, 0.717) is 35.8 Å². The summed E-state index contributed by atoms with van der Waals surface area (Å²) < 4.78 is 18.7. The van der Waals surface area contributed by atoms with Gasteiger partial charge in [0.25, 0.3) is 0 Å². The molecule has 0 atom stereocenters. The smallest absolute Gasteiger partial charge is 0.328 e. The SMILES string of the molecule is CN(C)CCCCCCOc1ncccc1C(=O)c1ccc(F)cc1.O=C(O)/C=C\C(=O)O. The van der Waals surface area contributed by atoms with Crippen molar-refractivity contribution in [3.63, 3.8) is 0 Å². The van der Waals surface area contributed by atoms with Gasteiger partial charge in [0.15, 0.2) is 5.78 Å².